The maximum atomic E-state index is 12.9. The van der Waals surface area contributed by atoms with Crippen molar-refractivity contribution in [1.82, 2.24) is 9.62 Å². The lowest BCUT2D eigenvalue weighted by molar-refractivity contribution is -0.140. The van der Waals surface area contributed by atoms with E-state index in [9.17, 15) is 13.2 Å². The zero-order valence-electron chi connectivity index (χ0n) is 12.8. The maximum Gasteiger partial charge on any atom is 0.226 e. The Morgan fingerprint density at radius 1 is 1.19 bits per heavy atom. The van der Waals surface area contributed by atoms with Gasteiger partial charge in [-0.1, -0.05) is 6.42 Å². The summed E-state index contributed by atoms with van der Waals surface area (Å²) in [5.41, 5.74) is 0. The number of sulfonamides is 1. The van der Waals surface area contributed by atoms with Crippen molar-refractivity contribution in [2.45, 2.75) is 51.0 Å². The monoisotopic (exact) mass is 314 g/mol. The van der Waals surface area contributed by atoms with Gasteiger partial charge in [-0.15, -0.1) is 0 Å². The van der Waals surface area contributed by atoms with Crippen LogP contribution in [0, 0.1) is 17.8 Å². The lowest BCUT2D eigenvalue weighted by Gasteiger charge is -2.38. The van der Waals surface area contributed by atoms with Crippen LogP contribution in [0.4, 0.5) is 0 Å². The second-order valence-electron chi connectivity index (χ2n) is 7.08. The average Bonchev–Trinajstić information content (AvgIpc) is 3.06. The van der Waals surface area contributed by atoms with Crippen LogP contribution in [0.2, 0.25) is 0 Å². The molecule has 4 atom stereocenters. The Labute approximate surface area is 127 Å². The first-order valence-corrected chi connectivity index (χ1v) is 10.1. The molecule has 1 heterocycles. The minimum atomic E-state index is -3.19. The van der Waals surface area contributed by atoms with Gasteiger partial charge < -0.3 is 4.90 Å². The van der Waals surface area contributed by atoms with Crippen LogP contribution < -0.4 is 4.72 Å². The van der Waals surface area contributed by atoms with Gasteiger partial charge in [0.1, 0.15) is 0 Å². The minimum Gasteiger partial charge on any atom is -0.338 e. The molecule has 6 heteroatoms. The Hall–Kier alpha value is -0.620. The quantitative estimate of drug-likeness (QED) is 0.852. The van der Waals surface area contributed by atoms with Crippen molar-refractivity contribution < 1.29 is 13.2 Å². The summed E-state index contributed by atoms with van der Waals surface area (Å²) >= 11 is 0. The van der Waals surface area contributed by atoms with Gasteiger partial charge in [-0.2, -0.15) is 0 Å². The zero-order chi connectivity index (χ0) is 15.0. The highest BCUT2D eigenvalue weighted by atomic mass is 32.2. The average molecular weight is 314 g/mol. The summed E-state index contributed by atoms with van der Waals surface area (Å²) in [6, 6.07) is 0.0418. The molecule has 3 fully saturated rings. The zero-order valence-corrected chi connectivity index (χ0v) is 13.6. The minimum absolute atomic E-state index is 0.0418. The van der Waals surface area contributed by atoms with E-state index in [1.807, 2.05) is 4.90 Å². The molecule has 0 unspecified atom stereocenters. The molecular weight excluding hydrogens is 288 g/mol. The van der Waals surface area contributed by atoms with Gasteiger partial charge in [0.05, 0.1) is 6.26 Å². The van der Waals surface area contributed by atoms with Crippen LogP contribution in [0.3, 0.4) is 0 Å². The summed E-state index contributed by atoms with van der Waals surface area (Å²) in [4.78, 5) is 14.9. The van der Waals surface area contributed by atoms with Crippen LogP contribution in [0.25, 0.3) is 0 Å². The standard InChI is InChI=1S/C15H26N2O3S/c1-21(19,20)16-10-13-4-2-3-7-17(13)15(18)14-9-11-5-6-12(14)8-11/h11-14,16H,2-10H2,1H3/t11-,12-,13+,14-/m0/s1. The lowest BCUT2D eigenvalue weighted by Crippen LogP contribution is -2.51. The third kappa shape index (κ3) is 3.42. The largest absolute Gasteiger partial charge is 0.338 e. The number of carbonyl (C=O) groups excluding carboxylic acids is 1. The van der Waals surface area contributed by atoms with Crippen molar-refractivity contribution in [1.29, 1.82) is 0 Å². The summed E-state index contributed by atoms with van der Waals surface area (Å²) in [5.74, 6) is 1.86. The Kier molecular flexibility index (Phi) is 4.28. The molecule has 0 aromatic rings. The highest BCUT2D eigenvalue weighted by Gasteiger charge is 2.45. The Bertz CT molecular complexity index is 505. The molecular formula is C15H26N2O3S. The van der Waals surface area contributed by atoms with Gasteiger partial charge in [0, 0.05) is 25.0 Å². The molecule has 3 rings (SSSR count). The van der Waals surface area contributed by atoms with Gasteiger partial charge in [-0.3, -0.25) is 4.79 Å². The van der Waals surface area contributed by atoms with Crippen molar-refractivity contribution in [3.8, 4) is 0 Å². The van der Waals surface area contributed by atoms with Gasteiger partial charge in [0.2, 0.25) is 15.9 Å². The first-order chi connectivity index (χ1) is 9.94. The van der Waals surface area contributed by atoms with Gasteiger partial charge in [0.25, 0.3) is 0 Å². The second kappa shape index (κ2) is 5.88. The molecule has 1 aliphatic heterocycles. The second-order valence-corrected chi connectivity index (χ2v) is 8.92. The first kappa shape index (κ1) is 15.3. The summed E-state index contributed by atoms with van der Waals surface area (Å²) in [6.07, 6.45) is 9.02. The molecule has 0 spiro atoms. The fourth-order valence-electron chi connectivity index (χ4n) is 4.51. The predicted octanol–water partition coefficient (Wildman–Crippen LogP) is 1.35. The van der Waals surface area contributed by atoms with Crippen LogP contribution in [0.5, 0.6) is 0 Å². The van der Waals surface area contributed by atoms with Crippen LogP contribution >= 0.6 is 0 Å². The SMILES string of the molecule is CS(=O)(=O)NC[C@H]1CCCCN1C(=O)[C@H]1C[C@H]2CC[C@H]1C2. The number of nitrogens with one attached hydrogen (secondary N) is 1. The van der Waals surface area contributed by atoms with E-state index in [1.165, 1.54) is 25.5 Å². The van der Waals surface area contributed by atoms with Crippen LogP contribution in [0.1, 0.15) is 44.9 Å². The molecule has 2 bridgehead atoms. The summed E-state index contributed by atoms with van der Waals surface area (Å²) in [6.45, 7) is 1.16. The van der Waals surface area contributed by atoms with E-state index < -0.39 is 10.0 Å². The number of nitrogens with zero attached hydrogens (tertiary/aromatic N) is 1. The van der Waals surface area contributed by atoms with Crippen LogP contribution in [-0.4, -0.2) is 44.6 Å². The molecule has 120 valence electrons. The third-order valence-corrected chi connectivity index (χ3v) is 6.24. The van der Waals surface area contributed by atoms with Crippen molar-refractivity contribution in [3.63, 3.8) is 0 Å². The molecule has 0 aromatic heterocycles. The van der Waals surface area contributed by atoms with Crippen molar-refractivity contribution in [3.05, 3.63) is 0 Å². The predicted molar refractivity (Wildman–Crippen MR) is 81.1 cm³/mol. The Morgan fingerprint density at radius 3 is 2.62 bits per heavy atom. The van der Waals surface area contributed by atoms with Crippen molar-refractivity contribution in [2.75, 3.05) is 19.3 Å². The number of amides is 1. The molecule has 0 aromatic carbocycles. The maximum absolute atomic E-state index is 12.9. The van der Waals surface area contributed by atoms with E-state index in [-0.39, 0.29) is 12.0 Å². The van der Waals surface area contributed by atoms with Crippen LogP contribution in [-0.2, 0) is 14.8 Å². The number of piperidine rings is 1. The molecule has 1 saturated heterocycles. The van der Waals surface area contributed by atoms with E-state index in [0.717, 1.165) is 38.1 Å². The highest BCUT2D eigenvalue weighted by Crippen LogP contribution is 2.49. The fraction of sp³-hybridized carbons (Fsp3) is 0.933. The molecule has 1 amide bonds. The number of carbonyl (C=O) groups is 1. The van der Waals surface area contributed by atoms with Crippen molar-refractivity contribution >= 4 is 15.9 Å². The van der Waals surface area contributed by atoms with E-state index in [2.05, 4.69) is 4.72 Å². The van der Waals surface area contributed by atoms with E-state index in [0.29, 0.717) is 18.4 Å². The normalized spacial score (nSPS) is 36.1. The number of rotatable bonds is 4. The Balaban J connectivity index is 1.64. The van der Waals surface area contributed by atoms with E-state index in [1.54, 1.807) is 0 Å². The molecule has 2 saturated carbocycles. The van der Waals surface area contributed by atoms with Crippen LogP contribution in [0.15, 0.2) is 0 Å². The fourth-order valence-corrected chi connectivity index (χ4v) is 5.01. The number of hydrogen-bond acceptors (Lipinski definition) is 3. The summed E-state index contributed by atoms with van der Waals surface area (Å²) in [5, 5.41) is 0. The van der Waals surface area contributed by atoms with Gasteiger partial charge >= 0.3 is 0 Å². The molecule has 0 radical (unpaired) electrons. The molecule has 1 N–H and O–H groups in total. The number of hydrogen-bond donors (Lipinski definition) is 1. The van der Waals surface area contributed by atoms with Crippen molar-refractivity contribution in [2.24, 2.45) is 17.8 Å². The first-order valence-electron chi connectivity index (χ1n) is 8.19. The lowest BCUT2D eigenvalue weighted by atomic mass is 9.86. The topological polar surface area (TPSA) is 66.5 Å². The number of likely N-dealkylation sites (tertiary alicyclic amines) is 1. The summed E-state index contributed by atoms with van der Waals surface area (Å²) in [7, 11) is -3.19. The smallest absolute Gasteiger partial charge is 0.226 e. The van der Waals surface area contributed by atoms with E-state index in [4.69, 9.17) is 0 Å². The van der Waals surface area contributed by atoms with Gasteiger partial charge in [0.15, 0.2) is 0 Å². The number of fused-ring (bicyclic) bond motifs is 2. The van der Waals surface area contributed by atoms with Gasteiger partial charge in [-0.25, -0.2) is 13.1 Å². The summed E-state index contributed by atoms with van der Waals surface area (Å²) < 4.78 is 25.2. The molecule has 5 nitrogen and oxygen atoms in total. The Morgan fingerprint density at radius 2 is 2.00 bits per heavy atom. The molecule has 2 aliphatic carbocycles. The highest BCUT2D eigenvalue weighted by molar-refractivity contribution is 7.88. The van der Waals surface area contributed by atoms with Gasteiger partial charge in [-0.05, 0) is 50.4 Å². The molecule has 3 aliphatic rings. The molecule has 21 heavy (non-hydrogen) atoms. The van der Waals surface area contributed by atoms with E-state index >= 15 is 0 Å². The third-order valence-electron chi connectivity index (χ3n) is 5.55.